The van der Waals surface area contributed by atoms with Gasteiger partial charge in [-0.2, -0.15) is 0 Å². The van der Waals surface area contributed by atoms with Crippen molar-refractivity contribution in [1.29, 1.82) is 0 Å². The molecule has 0 unspecified atom stereocenters. The number of carbonyl (C=O) groups excluding carboxylic acids is 1. The van der Waals surface area contributed by atoms with Crippen molar-refractivity contribution in [3.05, 3.63) is 23.8 Å². The summed E-state index contributed by atoms with van der Waals surface area (Å²) in [6.07, 6.45) is -2.96. The quantitative estimate of drug-likeness (QED) is 0.459. The van der Waals surface area contributed by atoms with Gasteiger partial charge in [0.1, 0.15) is 23.2 Å². The first-order valence-corrected chi connectivity index (χ1v) is 7.04. The standard InChI is InChI=1S/C15H18O7/c1-7-5-10(18)15(21)13(20)11-8(17)3-2-4-9(11)22-14(15,6-16)12(7)19/h2-4,7,10,12,16-19,21H,5-6H2,1H3/t7-,10+,12+,14+,15+/m1/s1. The van der Waals surface area contributed by atoms with E-state index in [1.807, 2.05) is 0 Å². The van der Waals surface area contributed by atoms with Gasteiger partial charge in [0, 0.05) is 0 Å². The van der Waals surface area contributed by atoms with E-state index in [0.717, 1.165) is 0 Å². The van der Waals surface area contributed by atoms with Crippen molar-refractivity contribution >= 4 is 5.78 Å². The van der Waals surface area contributed by atoms with Crippen LogP contribution in [0.2, 0.25) is 0 Å². The Hall–Kier alpha value is -1.67. The van der Waals surface area contributed by atoms with Crippen molar-refractivity contribution in [3.8, 4) is 11.5 Å². The predicted molar refractivity (Wildman–Crippen MR) is 73.6 cm³/mol. The number of hydrogen-bond acceptors (Lipinski definition) is 7. The molecule has 3 rings (SSSR count). The van der Waals surface area contributed by atoms with Gasteiger partial charge in [-0.15, -0.1) is 0 Å². The molecule has 1 aromatic carbocycles. The number of phenols is 1. The molecule has 1 aliphatic carbocycles. The van der Waals surface area contributed by atoms with Crippen molar-refractivity contribution in [2.75, 3.05) is 6.61 Å². The number of aliphatic hydroxyl groups is 4. The molecule has 1 aromatic rings. The van der Waals surface area contributed by atoms with Gasteiger partial charge >= 0.3 is 0 Å². The largest absolute Gasteiger partial charge is 0.507 e. The van der Waals surface area contributed by atoms with E-state index >= 15 is 0 Å². The summed E-state index contributed by atoms with van der Waals surface area (Å²) in [6.45, 7) is 0.754. The molecule has 0 amide bonds. The first kappa shape index (κ1) is 15.2. The molecule has 0 aromatic heterocycles. The van der Waals surface area contributed by atoms with Crippen LogP contribution in [0.15, 0.2) is 18.2 Å². The number of aromatic hydroxyl groups is 1. The van der Waals surface area contributed by atoms with Crippen LogP contribution >= 0.6 is 0 Å². The van der Waals surface area contributed by atoms with Crippen molar-refractivity contribution in [1.82, 2.24) is 0 Å². The Balaban J connectivity index is 2.28. The average molecular weight is 310 g/mol. The van der Waals surface area contributed by atoms with Crippen LogP contribution in [0.25, 0.3) is 0 Å². The lowest BCUT2D eigenvalue weighted by Gasteiger charge is -2.56. The van der Waals surface area contributed by atoms with Crippen LogP contribution in [0.4, 0.5) is 0 Å². The van der Waals surface area contributed by atoms with Crippen LogP contribution in [0.1, 0.15) is 23.7 Å². The number of fused-ring (bicyclic) bond motifs is 2. The molecule has 5 atom stereocenters. The van der Waals surface area contributed by atoms with Gasteiger partial charge in [-0.25, -0.2) is 0 Å². The number of rotatable bonds is 1. The molecule has 0 saturated heterocycles. The number of Topliss-reactive ketones (excluding diaryl/α,β-unsaturated/α-hetero) is 1. The maximum Gasteiger partial charge on any atom is 0.208 e. The van der Waals surface area contributed by atoms with Gasteiger partial charge in [-0.3, -0.25) is 4.79 Å². The van der Waals surface area contributed by atoms with E-state index in [2.05, 4.69) is 0 Å². The Morgan fingerprint density at radius 3 is 2.68 bits per heavy atom. The van der Waals surface area contributed by atoms with Gasteiger partial charge < -0.3 is 30.3 Å². The zero-order valence-electron chi connectivity index (χ0n) is 11.9. The Kier molecular flexibility index (Phi) is 3.23. The van der Waals surface area contributed by atoms with Crippen molar-refractivity contribution < 1.29 is 35.1 Å². The molecule has 7 heteroatoms. The van der Waals surface area contributed by atoms with Crippen LogP contribution in [0.3, 0.4) is 0 Å². The molecule has 1 aliphatic heterocycles. The number of ketones is 1. The summed E-state index contributed by atoms with van der Waals surface area (Å²) in [5.74, 6) is -1.93. The third-order valence-electron chi connectivity index (χ3n) is 4.84. The van der Waals surface area contributed by atoms with Gasteiger partial charge in [0.15, 0.2) is 11.2 Å². The summed E-state index contributed by atoms with van der Waals surface area (Å²) in [5, 5.41) is 51.3. The summed E-state index contributed by atoms with van der Waals surface area (Å²) in [4.78, 5) is 12.7. The van der Waals surface area contributed by atoms with Crippen LogP contribution in [0, 0.1) is 5.92 Å². The normalized spacial score (nSPS) is 40.6. The Morgan fingerprint density at radius 2 is 2.05 bits per heavy atom. The summed E-state index contributed by atoms with van der Waals surface area (Å²) in [5.41, 5.74) is -4.89. The second-order valence-electron chi connectivity index (χ2n) is 6.07. The van der Waals surface area contributed by atoms with Crippen LogP contribution in [-0.4, -0.2) is 61.3 Å². The van der Waals surface area contributed by atoms with Crippen LogP contribution in [0.5, 0.6) is 11.5 Å². The summed E-state index contributed by atoms with van der Waals surface area (Å²) >= 11 is 0. The SMILES string of the molecule is C[C@@H]1C[C@H](O)[C@]2(O)C(=O)c3c(O)cccc3O[C@@]2(CO)[C@H]1O. The molecular weight excluding hydrogens is 292 g/mol. The molecule has 0 radical (unpaired) electrons. The van der Waals surface area contributed by atoms with Crippen molar-refractivity contribution in [2.45, 2.75) is 36.8 Å². The molecule has 0 spiro atoms. The number of aliphatic hydroxyl groups excluding tert-OH is 3. The average Bonchev–Trinajstić information content (AvgIpc) is 2.48. The van der Waals surface area contributed by atoms with E-state index in [1.54, 1.807) is 6.92 Å². The van der Waals surface area contributed by atoms with Gasteiger partial charge in [-0.1, -0.05) is 13.0 Å². The number of carbonyl (C=O) groups is 1. The molecule has 120 valence electrons. The minimum absolute atomic E-state index is 0.0442. The number of phenolic OH excluding ortho intramolecular Hbond substituents is 1. The third kappa shape index (κ3) is 1.56. The predicted octanol–water partition coefficient (Wildman–Crippen LogP) is -0.809. The molecule has 1 heterocycles. The fourth-order valence-corrected chi connectivity index (χ4v) is 3.57. The van der Waals surface area contributed by atoms with E-state index in [-0.39, 0.29) is 17.7 Å². The maximum absolute atomic E-state index is 12.7. The monoisotopic (exact) mass is 310 g/mol. The summed E-state index contributed by atoms with van der Waals surface area (Å²) < 4.78 is 5.59. The second kappa shape index (κ2) is 4.66. The fourth-order valence-electron chi connectivity index (χ4n) is 3.57. The Labute approximate surface area is 126 Å². The number of benzene rings is 1. The van der Waals surface area contributed by atoms with Crippen molar-refractivity contribution in [3.63, 3.8) is 0 Å². The highest BCUT2D eigenvalue weighted by Crippen LogP contribution is 2.50. The second-order valence-corrected chi connectivity index (χ2v) is 6.07. The topological polar surface area (TPSA) is 127 Å². The van der Waals surface area contributed by atoms with Crippen molar-refractivity contribution in [2.24, 2.45) is 5.92 Å². The van der Waals surface area contributed by atoms with E-state index in [9.17, 15) is 30.3 Å². The zero-order valence-corrected chi connectivity index (χ0v) is 11.9. The fraction of sp³-hybridized carbons (Fsp3) is 0.533. The highest BCUT2D eigenvalue weighted by molar-refractivity contribution is 6.09. The summed E-state index contributed by atoms with van der Waals surface area (Å²) in [6, 6.07) is 4.08. The number of hydrogen-bond donors (Lipinski definition) is 5. The lowest BCUT2D eigenvalue weighted by atomic mass is 9.60. The third-order valence-corrected chi connectivity index (χ3v) is 4.84. The minimum Gasteiger partial charge on any atom is -0.507 e. The van der Waals surface area contributed by atoms with E-state index in [1.165, 1.54) is 18.2 Å². The highest BCUT2D eigenvalue weighted by atomic mass is 16.6. The maximum atomic E-state index is 12.7. The number of ether oxygens (including phenoxy) is 1. The zero-order chi connectivity index (χ0) is 16.3. The van der Waals surface area contributed by atoms with Crippen LogP contribution < -0.4 is 4.74 Å². The first-order chi connectivity index (χ1) is 10.3. The Morgan fingerprint density at radius 1 is 1.36 bits per heavy atom. The van der Waals surface area contributed by atoms with E-state index in [4.69, 9.17) is 4.74 Å². The lowest BCUT2D eigenvalue weighted by molar-refractivity contribution is -0.255. The summed E-state index contributed by atoms with van der Waals surface area (Å²) in [7, 11) is 0. The van der Waals surface area contributed by atoms with Gasteiger partial charge in [0.25, 0.3) is 0 Å². The molecule has 1 fully saturated rings. The van der Waals surface area contributed by atoms with Gasteiger partial charge in [-0.05, 0) is 24.5 Å². The molecule has 7 nitrogen and oxygen atoms in total. The van der Waals surface area contributed by atoms with Crippen LogP contribution in [-0.2, 0) is 0 Å². The Bertz CT molecular complexity index is 630. The molecule has 22 heavy (non-hydrogen) atoms. The van der Waals surface area contributed by atoms with E-state index in [0.29, 0.717) is 0 Å². The molecule has 5 N–H and O–H groups in total. The minimum atomic E-state index is -2.54. The van der Waals surface area contributed by atoms with Gasteiger partial charge in [0.05, 0.1) is 12.7 Å². The molecule has 0 bridgehead atoms. The molecular formula is C15H18O7. The van der Waals surface area contributed by atoms with Gasteiger partial charge in [0.2, 0.25) is 5.78 Å². The molecule has 1 saturated carbocycles. The van der Waals surface area contributed by atoms with E-state index < -0.39 is 47.5 Å². The molecule has 2 aliphatic rings. The smallest absolute Gasteiger partial charge is 0.208 e. The first-order valence-electron chi connectivity index (χ1n) is 7.04. The lowest BCUT2D eigenvalue weighted by Crippen LogP contribution is -2.79. The highest BCUT2D eigenvalue weighted by Gasteiger charge is 2.71.